The largest absolute Gasteiger partial charge is 0.384 e. The number of imidazole rings is 1. The summed E-state index contributed by atoms with van der Waals surface area (Å²) in [5.74, 6) is 2.93. The van der Waals surface area contributed by atoms with Crippen molar-refractivity contribution in [2.75, 3.05) is 5.73 Å². The summed E-state index contributed by atoms with van der Waals surface area (Å²) in [4.78, 5) is 4.86. The Kier molecular flexibility index (Phi) is 2.29. The Hall–Kier alpha value is -0.990. The van der Waals surface area contributed by atoms with E-state index in [0.717, 1.165) is 17.9 Å². The summed E-state index contributed by atoms with van der Waals surface area (Å²) < 4.78 is 2.35. The van der Waals surface area contributed by atoms with Gasteiger partial charge in [-0.2, -0.15) is 0 Å². The quantitative estimate of drug-likeness (QED) is 0.870. The zero-order chi connectivity index (χ0) is 12.2. The van der Waals surface area contributed by atoms with Crippen molar-refractivity contribution in [3.05, 3.63) is 11.5 Å². The molecule has 0 radical (unpaired) electrons. The van der Waals surface area contributed by atoms with Crippen molar-refractivity contribution in [1.82, 2.24) is 9.55 Å². The number of hydrogen-bond acceptors (Lipinski definition) is 2. The molecule has 1 aromatic heterocycles. The van der Waals surface area contributed by atoms with Gasteiger partial charge in [0.2, 0.25) is 0 Å². The molecule has 2 aliphatic rings. The first-order valence-electron chi connectivity index (χ1n) is 6.82. The Morgan fingerprint density at radius 1 is 1.24 bits per heavy atom. The summed E-state index contributed by atoms with van der Waals surface area (Å²) in [5.41, 5.74) is 7.71. The zero-order valence-electron chi connectivity index (χ0n) is 11.2. The fourth-order valence-electron chi connectivity index (χ4n) is 2.49. The molecule has 3 nitrogen and oxygen atoms in total. The SMILES string of the molecule is CC(C)(C)Cc1nc(C2CC2)n(C2CC2)c1N. The monoisotopic (exact) mass is 233 g/mol. The van der Waals surface area contributed by atoms with Crippen LogP contribution in [0, 0.1) is 5.41 Å². The maximum atomic E-state index is 6.32. The summed E-state index contributed by atoms with van der Waals surface area (Å²) in [7, 11) is 0. The van der Waals surface area contributed by atoms with Crippen LogP contribution >= 0.6 is 0 Å². The lowest BCUT2D eigenvalue weighted by Crippen LogP contribution is -2.11. The van der Waals surface area contributed by atoms with E-state index in [1.807, 2.05) is 0 Å². The van der Waals surface area contributed by atoms with E-state index in [-0.39, 0.29) is 5.41 Å². The molecule has 0 saturated heterocycles. The highest BCUT2D eigenvalue weighted by atomic mass is 15.2. The molecule has 0 aliphatic heterocycles. The van der Waals surface area contributed by atoms with Crippen LogP contribution in [-0.2, 0) is 6.42 Å². The predicted molar refractivity (Wildman–Crippen MR) is 70.0 cm³/mol. The molecule has 2 N–H and O–H groups in total. The molecule has 94 valence electrons. The van der Waals surface area contributed by atoms with Gasteiger partial charge in [-0.25, -0.2) is 4.98 Å². The van der Waals surface area contributed by atoms with Crippen LogP contribution in [0.2, 0.25) is 0 Å². The van der Waals surface area contributed by atoms with Crippen LogP contribution in [0.4, 0.5) is 5.82 Å². The molecular formula is C14H23N3. The van der Waals surface area contributed by atoms with E-state index >= 15 is 0 Å². The van der Waals surface area contributed by atoms with Crippen molar-refractivity contribution in [3.8, 4) is 0 Å². The third kappa shape index (κ3) is 2.20. The van der Waals surface area contributed by atoms with Gasteiger partial charge in [0.15, 0.2) is 0 Å². The Bertz CT molecular complexity index is 431. The average molecular weight is 233 g/mol. The van der Waals surface area contributed by atoms with Crippen LogP contribution in [0.1, 0.15) is 69.9 Å². The topological polar surface area (TPSA) is 43.8 Å². The Labute approximate surface area is 103 Å². The van der Waals surface area contributed by atoms with E-state index in [4.69, 9.17) is 10.7 Å². The number of nitrogens with two attached hydrogens (primary N) is 1. The van der Waals surface area contributed by atoms with Crippen molar-refractivity contribution < 1.29 is 0 Å². The van der Waals surface area contributed by atoms with Crippen LogP contribution in [0.15, 0.2) is 0 Å². The molecule has 2 saturated carbocycles. The Morgan fingerprint density at radius 3 is 2.35 bits per heavy atom. The smallest absolute Gasteiger partial charge is 0.127 e. The maximum Gasteiger partial charge on any atom is 0.127 e. The summed E-state index contributed by atoms with van der Waals surface area (Å²) in [6, 6.07) is 0.659. The van der Waals surface area contributed by atoms with Gasteiger partial charge in [0.1, 0.15) is 11.6 Å². The molecule has 2 fully saturated rings. The maximum absolute atomic E-state index is 6.32. The van der Waals surface area contributed by atoms with E-state index < -0.39 is 0 Å². The van der Waals surface area contributed by atoms with Crippen LogP contribution in [0.25, 0.3) is 0 Å². The fraction of sp³-hybridized carbons (Fsp3) is 0.786. The lowest BCUT2D eigenvalue weighted by atomic mass is 9.90. The number of nitrogens with zero attached hydrogens (tertiary/aromatic N) is 2. The molecular weight excluding hydrogens is 210 g/mol. The van der Waals surface area contributed by atoms with Crippen LogP contribution in [0.5, 0.6) is 0 Å². The third-order valence-corrected chi connectivity index (χ3v) is 3.60. The summed E-state index contributed by atoms with van der Waals surface area (Å²) >= 11 is 0. The molecule has 2 aliphatic carbocycles. The standard InChI is InChI=1S/C14H23N3/c1-14(2,3)8-11-12(15)17(10-6-7-10)13(16-11)9-4-5-9/h9-10H,4-8,15H2,1-3H3. The first-order valence-corrected chi connectivity index (χ1v) is 6.82. The van der Waals surface area contributed by atoms with Gasteiger partial charge in [-0.1, -0.05) is 20.8 Å². The van der Waals surface area contributed by atoms with Crippen molar-refractivity contribution >= 4 is 5.82 Å². The second-order valence-electron chi connectivity index (χ2n) is 6.91. The van der Waals surface area contributed by atoms with Crippen LogP contribution < -0.4 is 5.73 Å². The fourth-order valence-corrected chi connectivity index (χ4v) is 2.49. The van der Waals surface area contributed by atoms with Crippen LogP contribution in [-0.4, -0.2) is 9.55 Å². The van der Waals surface area contributed by atoms with Gasteiger partial charge in [0, 0.05) is 12.0 Å². The normalized spacial score (nSPS) is 20.9. The Balaban J connectivity index is 1.96. The first-order chi connectivity index (χ1) is 7.96. The zero-order valence-corrected chi connectivity index (χ0v) is 11.2. The van der Waals surface area contributed by atoms with E-state index in [1.54, 1.807) is 0 Å². The molecule has 0 amide bonds. The highest BCUT2D eigenvalue weighted by Gasteiger charge is 2.36. The van der Waals surface area contributed by atoms with Crippen molar-refractivity contribution in [2.24, 2.45) is 5.41 Å². The van der Waals surface area contributed by atoms with Gasteiger partial charge in [-0.05, 0) is 37.5 Å². The minimum absolute atomic E-state index is 0.262. The summed E-state index contributed by atoms with van der Waals surface area (Å²) in [6.45, 7) is 6.75. The number of anilines is 1. The van der Waals surface area contributed by atoms with Gasteiger partial charge in [0.05, 0.1) is 5.69 Å². The predicted octanol–water partition coefficient (Wildman–Crippen LogP) is 3.27. The molecule has 0 aromatic carbocycles. The minimum atomic E-state index is 0.262. The molecule has 0 unspecified atom stereocenters. The van der Waals surface area contributed by atoms with E-state index in [1.165, 1.54) is 31.5 Å². The van der Waals surface area contributed by atoms with Gasteiger partial charge in [0.25, 0.3) is 0 Å². The number of aromatic nitrogens is 2. The highest BCUT2D eigenvalue weighted by molar-refractivity contribution is 5.41. The van der Waals surface area contributed by atoms with Gasteiger partial charge in [-0.3, -0.25) is 0 Å². The first kappa shape index (κ1) is 11.1. The van der Waals surface area contributed by atoms with E-state index in [0.29, 0.717) is 12.0 Å². The molecule has 17 heavy (non-hydrogen) atoms. The second kappa shape index (κ2) is 3.50. The molecule has 1 aromatic rings. The molecule has 0 bridgehead atoms. The molecule has 0 atom stereocenters. The van der Waals surface area contributed by atoms with Gasteiger partial charge in [-0.15, -0.1) is 0 Å². The van der Waals surface area contributed by atoms with Crippen molar-refractivity contribution in [3.63, 3.8) is 0 Å². The average Bonchev–Trinajstić information content (AvgIpc) is 3.09. The Morgan fingerprint density at radius 2 is 1.88 bits per heavy atom. The van der Waals surface area contributed by atoms with Crippen molar-refractivity contribution in [1.29, 1.82) is 0 Å². The number of hydrogen-bond donors (Lipinski definition) is 1. The van der Waals surface area contributed by atoms with Gasteiger partial charge < -0.3 is 10.3 Å². The van der Waals surface area contributed by atoms with E-state index in [9.17, 15) is 0 Å². The summed E-state index contributed by atoms with van der Waals surface area (Å²) in [6.07, 6.45) is 6.17. The lowest BCUT2D eigenvalue weighted by molar-refractivity contribution is 0.407. The lowest BCUT2D eigenvalue weighted by Gasteiger charge is -2.16. The summed E-state index contributed by atoms with van der Waals surface area (Å²) in [5, 5.41) is 0. The van der Waals surface area contributed by atoms with Gasteiger partial charge >= 0.3 is 0 Å². The molecule has 1 heterocycles. The van der Waals surface area contributed by atoms with E-state index in [2.05, 4.69) is 25.3 Å². The van der Waals surface area contributed by atoms with Crippen LogP contribution in [0.3, 0.4) is 0 Å². The minimum Gasteiger partial charge on any atom is -0.384 e. The molecule has 3 rings (SSSR count). The number of rotatable bonds is 3. The second-order valence-corrected chi connectivity index (χ2v) is 6.91. The third-order valence-electron chi connectivity index (χ3n) is 3.60. The number of nitrogen functional groups attached to an aromatic ring is 1. The molecule has 3 heteroatoms. The van der Waals surface area contributed by atoms with Crippen molar-refractivity contribution in [2.45, 2.75) is 64.8 Å². The highest BCUT2D eigenvalue weighted by Crippen LogP contribution is 2.47. The molecule has 0 spiro atoms.